The van der Waals surface area contributed by atoms with Crippen molar-refractivity contribution in [2.75, 3.05) is 15.4 Å². The number of nitrogens with zero attached hydrogens (tertiary/aromatic N) is 1. The topological polar surface area (TPSA) is 83.6 Å². The first-order valence-electron chi connectivity index (χ1n) is 7.41. The Hall–Kier alpha value is -2.67. The number of benzene rings is 2. The van der Waals surface area contributed by atoms with E-state index in [1.54, 1.807) is 6.07 Å². The van der Waals surface area contributed by atoms with Crippen LogP contribution in [-0.2, 0) is 14.8 Å². The summed E-state index contributed by atoms with van der Waals surface area (Å²) in [6.07, 6.45) is -0.0159. The van der Waals surface area contributed by atoms with E-state index in [1.165, 1.54) is 24.3 Å². The summed E-state index contributed by atoms with van der Waals surface area (Å²) in [4.78, 5) is 24.0. The van der Waals surface area contributed by atoms with Crippen LogP contribution in [0.1, 0.15) is 22.3 Å². The van der Waals surface area contributed by atoms with Crippen LogP contribution in [0.4, 0.5) is 11.4 Å². The normalized spacial score (nSPS) is 16.2. The van der Waals surface area contributed by atoms with Crippen LogP contribution in [0.3, 0.4) is 0 Å². The minimum absolute atomic E-state index is 0.0159. The van der Waals surface area contributed by atoms with E-state index in [1.807, 2.05) is 25.1 Å². The van der Waals surface area contributed by atoms with E-state index < -0.39 is 15.9 Å². The Morgan fingerprint density at radius 2 is 1.83 bits per heavy atom. The van der Waals surface area contributed by atoms with Gasteiger partial charge in [0.25, 0.3) is 5.91 Å². The molecule has 1 aliphatic rings. The highest BCUT2D eigenvalue weighted by molar-refractivity contribution is 7.94. The smallest absolute Gasteiger partial charge is 0.255 e. The molecule has 2 aromatic rings. The molecule has 0 atom stereocenters. The van der Waals surface area contributed by atoms with E-state index in [-0.39, 0.29) is 23.8 Å². The van der Waals surface area contributed by atoms with E-state index >= 15 is 0 Å². The predicted octanol–water partition coefficient (Wildman–Crippen LogP) is 2.31. The molecule has 0 aromatic heterocycles. The molecular weight excluding hydrogens is 328 g/mol. The van der Waals surface area contributed by atoms with Gasteiger partial charge in [-0.25, -0.2) is 12.7 Å². The number of nitrogens with one attached hydrogen (secondary N) is 1. The second kappa shape index (κ2) is 6.09. The van der Waals surface area contributed by atoms with Gasteiger partial charge in [-0.2, -0.15) is 0 Å². The average molecular weight is 344 g/mol. The van der Waals surface area contributed by atoms with E-state index in [0.717, 1.165) is 9.87 Å². The monoisotopic (exact) mass is 344 g/mol. The molecule has 1 fully saturated rings. The summed E-state index contributed by atoms with van der Waals surface area (Å²) in [5.41, 5.74) is 2.34. The quantitative estimate of drug-likeness (QED) is 0.926. The Bertz CT molecular complexity index is 904. The molecule has 3 rings (SSSR count). The summed E-state index contributed by atoms with van der Waals surface area (Å²) in [5.74, 6) is -0.934. The molecule has 0 unspecified atom stereocenters. The zero-order valence-corrected chi connectivity index (χ0v) is 13.8. The fourth-order valence-electron chi connectivity index (χ4n) is 2.54. The molecule has 2 aromatic carbocycles. The number of carbonyl (C=O) groups excluding carboxylic acids is 2. The Kier molecular flexibility index (Phi) is 4.11. The molecule has 1 saturated heterocycles. The molecule has 0 spiro atoms. The van der Waals surface area contributed by atoms with Crippen molar-refractivity contribution in [2.45, 2.75) is 13.3 Å². The first kappa shape index (κ1) is 16.2. The molecule has 1 N–H and O–H groups in total. The standard InChI is InChI=1S/C17H16N2O4S/c1-12-3-2-4-14(11-12)18-17(21)13-5-7-15(8-6-13)19-16(20)9-10-24(19,22)23/h2-8,11H,9-10H2,1H3,(H,18,21). The Labute approximate surface area is 140 Å². The number of sulfonamides is 1. The van der Waals surface area contributed by atoms with E-state index in [2.05, 4.69) is 5.32 Å². The first-order chi connectivity index (χ1) is 11.4. The van der Waals surface area contributed by atoms with Crippen molar-refractivity contribution in [2.24, 2.45) is 0 Å². The van der Waals surface area contributed by atoms with Gasteiger partial charge in [0.2, 0.25) is 15.9 Å². The Morgan fingerprint density at radius 3 is 2.42 bits per heavy atom. The third-order valence-electron chi connectivity index (χ3n) is 3.72. The maximum Gasteiger partial charge on any atom is 0.255 e. The SMILES string of the molecule is Cc1cccc(NC(=O)c2ccc(N3C(=O)CCS3(=O)=O)cc2)c1. The van der Waals surface area contributed by atoms with Crippen LogP contribution in [-0.4, -0.2) is 26.0 Å². The maximum atomic E-state index is 12.2. The van der Waals surface area contributed by atoms with Crippen LogP contribution >= 0.6 is 0 Å². The summed E-state index contributed by atoms with van der Waals surface area (Å²) in [6, 6.07) is 13.3. The van der Waals surface area contributed by atoms with Crippen molar-refractivity contribution in [3.63, 3.8) is 0 Å². The van der Waals surface area contributed by atoms with Gasteiger partial charge in [0.15, 0.2) is 0 Å². The van der Waals surface area contributed by atoms with Gasteiger partial charge in [-0.3, -0.25) is 9.59 Å². The van der Waals surface area contributed by atoms with Gasteiger partial charge in [-0.15, -0.1) is 0 Å². The van der Waals surface area contributed by atoms with Gasteiger partial charge in [-0.1, -0.05) is 12.1 Å². The Morgan fingerprint density at radius 1 is 1.12 bits per heavy atom. The van der Waals surface area contributed by atoms with Gasteiger partial charge in [-0.05, 0) is 48.9 Å². The van der Waals surface area contributed by atoms with Crippen molar-refractivity contribution in [3.8, 4) is 0 Å². The maximum absolute atomic E-state index is 12.2. The molecular formula is C17H16N2O4S. The van der Waals surface area contributed by atoms with Crippen molar-refractivity contribution in [1.29, 1.82) is 0 Å². The zero-order valence-electron chi connectivity index (χ0n) is 13.0. The predicted molar refractivity (Wildman–Crippen MR) is 91.5 cm³/mol. The molecule has 0 aliphatic carbocycles. The van der Waals surface area contributed by atoms with E-state index in [4.69, 9.17) is 0 Å². The van der Waals surface area contributed by atoms with Crippen LogP contribution in [0, 0.1) is 6.92 Å². The minimum atomic E-state index is -3.59. The van der Waals surface area contributed by atoms with Gasteiger partial charge < -0.3 is 5.32 Å². The number of carbonyl (C=O) groups is 2. The Balaban J connectivity index is 1.79. The van der Waals surface area contributed by atoms with Crippen molar-refractivity contribution >= 4 is 33.2 Å². The molecule has 24 heavy (non-hydrogen) atoms. The molecule has 0 bridgehead atoms. The third-order valence-corrected chi connectivity index (χ3v) is 5.41. The molecule has 2 amide bonds. The fraction of sp³-hybridized carbons (Fsp3) is 0.176. The first-order valence-corrected chi connectivity index (χ1v) is 9.02. The number of aryl methyl sites for hydroxylation is 1. The highest BCUT2D eigenvalue weighted by Crippen LogP contribution is 2.25. The van der Waals surface area contributed by atoms with Crippen LogP contribution in [0.5, 0.6) is 0 Å². The van der Waals surface area contributed by atoms with E-state index in [0.29, 0.717) is 11.3 Å². The highest BCUT2D eigenvalue weighted by Gasteiger charge is 2.36. The fourth-order valence-corrected chi connectivity index (χ4v) is 4.00. The van der Waals surface area contributed by atoms with Crippen molar-refractivity contribution < 1.29 is 18.0 Å². The van der Waals surface area contributed by atoms with Crippen LogP contribution in [0.25, 0.3) is 0 Å². The molecule has 0 saturated carbocycles. The molecule has 1 aliphatic heterocycles. The third kappa shape index (κ3) is 3.16. The lowest BCUT2D eigenvalue weighted by Crippen LogP contribution is -2.29. The lowest BCUT2D eigenvalue weighted by atomic mass is 10.1. The summed E-state index contributed by atoms with van der Waals surface area (Å²) in [5, 5.41) is 2.78. The van der Waals surface area contributed by atoms with Gasteiger partial charge in [0.05, 0.1) is 11.4 Å². The summed E-state index contributed by atoms with van der Waals surface area (Å²) < 4.78 is 24.6. The summed E-state index contributed by atoms with van der Waals surface area (Å²) in [6.45, 7) is 1.93. The highest BCUT2D eigenvalue weighted by atomic mass is 32.2. The minimum Gasteiger partial charge on any atom is -0.322 e. The number of amides is 2. The lowest BCUT2D eigenvalue weighted by Gasteiger charge is -2.15. The molecule has 0 radical (unpaired) electrons. The summed E-state index contributed by atoms with van der Waals surface area (Å²) in [7, 11) is -3.59. The molecule has 6 nitrogen and oxygen atoms in total. The second-order valence-electron chi connectivity index (χ2n) is 5.59. The molecule has 7 heteroatoms. The molecule has 1 heterocycles. The summed E-state index contributed by atoms with van der Waals surface area (Å²) >= 11 is 0. The van der Waals surface area contributed by atoms with Crippen molar-refractivity contribution in [3.05, 3.63) is 59.7 Å². The van der Waals surface area contributed by atoms with Crippen LogP contribution < -0.4 is 9.62 Å². The average Bonchev–Trinajstić information content (AvgIpc) is 2.81. The number of hydrogen-bond acceptors (Lipinski definition) is 4. The second-order valence-corrected chi connectivity index (χ2v) is 7.53. The van der Waals surface area contributed by atoms with Gasteiger partial charge in [0.1, 0.15) is 0 Å². The number of rotatable bonds is 3. The number of anilines is 2. The van der Waals surface area contributed by atoms with E-state index in [9.17, 15) is 18.0 Å². The number of hydrogen-bond donors (Lipinski definition) is 1. The lowest BCUT2D eigenvalue weighted by molar-refractivity contribution is -0.116. The van der Waals surface area contributed by atoms with Crippen LogP contribution in [0.2, 0.25) is 0 Å². The largest absolute Gasteiger partial charge is 0.322 e. The van der Waals surface area contributed by atoms with Gasteiger partial charge >= 0.3 is 0 Å². The zero-order chi connectivity index (χ0) is 17.3. The molecule has 124 valence electrons. The van der Waals surface area contributed by atoms with Gasteiger partial charge in [0, 0.05) is 17.7 Å². The van der Waals surface area contributed by atoms with Crippen molar-refractivity contribution in [1.82, 2.24) is 0 Å². The van der Waals surface area contributed by atoms with Crippen LogP contribution in [0.15, 0.2) is 48.5 Å².